The molecule has 7 rings (SSSR count). The highest BCUT2D eigenvalue weighted by Gasteiger charge is 2.39. The zero-order chi connectivity index (χ0) is 27.1. The van der Waals surface area contributed by atoms with Crippen molar-refractivity contribution in [2.75, 3.05) is 0 Å². The van der Waals surface area contributed by atoms with Gasteiger partial charge in [0.1, 0.15) is 5.54 Å². The Bertz CT molecular complexity index is 1760. The van der Waals surface area contributed by atoms with Gasteiger partial charge in [0.05, 0.1) is 17.7 Å². The number of aromatic nitrogens is 3. The summed E-state index contributed by atoms with van der Waals surface area (Å²) in [5.41, 5.74) is 8.36. The number of ketones is 1. The Morgan fingerprint density at radius 3 is 1.93 bits per heavy atom. The van der Waals surface area contributed by atoms with Gasteiger partial charge in [0, 0.05) is 23.0 Å². The smallest absolute Gasteiger partial charge is 0.206 e. The van der Waals surface area contributed by atoms with Gasteiger partial charge in [-0.25, -0.2) is 4.98 Å². The summed E-state index contributed by atoms with van der Waals surface area (Å²) >= 11 is 0. The van der Waals surface area contributed by atoms with Crippen molar-refractivity contribution in [2.24, 2.45) is 0 Å². The fourth-order valence-electron chi connectivity index (χ4n) is 6.32. The second-order valence-electron chi connectivity index (χ2n) is 10.4. The van der Waals surface area contributed by atoms with Gasteiger partial charge in [-0.15, -0.1) is 0 Å². The van der Waals surface area contributed by atoms with Crippen LogP contribution in [0.2, 0.25) is 0 Å². The van der Waals surface area contributed by atoms with E-state index in [1.165, 1.54) is 0 Å². The summed E-state index contributed by atoms with van der Waals surface area (Å²) in [6, 6.07) is 39.9. The maximum Gasteiger partial charge on any atom is 0.206 e. The van der Waals surface area contributed by atoms with Crippen LogP contribution in [0.1, 0.15) is 50.6 Å². The van der Waals surface area contributed by atoms with Gasteiger partial charge in [0.15, 0.2) is 0 Å². The predicted octanol–water partition coefficient (Wildman–Crippen LogP) is 7.50. The van der Waals surface area contributed by atoms with Crippen LogP contribution in [0.4, 0.5) is 0 Å². The first-order valence-electron chi connectivity index (χ1n) is 13.7. The van der Waals surface area contributed by atoms with Gasteiger partial charge in [-0.1, -0.05) is 97.1 Å². The lowest BCUT2D eigenvalue weighted by Gasteiger charge is -2.38. The third-order valence-electron chi connectivity index (χ3n) is 8.22. The molecule has 40 heavy (non-hydrogen) atoms. The molecule has 1 aliphatic carbocycles. The van der Waals surface area contributed by atoms with E-state index in [4.69, 9.17) is 4.98 Å². The van der Waals surface area contributed by atoms with Crippen LogP contribution in [-0.2, 0) is 12.0 Å². The molecule has 3 heterocycles. The first-order valence-corrected chi connectivity index (χ1v) is 13.7. The number of fused-ring (bicyclic) bond motifs is 3. The molecule has 0 fully saturated rings. The van der Waals surface area contributed by atoms with Crippen molar-refractivity contribution in [3.63, 3.8) is 0 Å². The SMILES string of the molecule is Cc1c(C=C2CCc3cc4ccccn4c3C2=O)ncn1C(c1ccccc1)(c1ccccc1)c1ccccc1. The Hall–Kier alpha value is -4.96. The van der Waals surface area contributed by atoms with E-state index in [1.54, 1.807) is 0 Å². The van der Waals surface area contributed by atoms with E-state index in [1.807, 2.05) is 35.1 Å². The van der Waals surface area contributed by atoms with Crippen LogP contribution in [0.3, 0.4) is 0 Å². The fraction of sp³-hybridized carbons (Fsp3) is 0.111. The molecule has 0 N–H and O–H groups in total. The average Bonchev–Trinajstić information content (AvgIpc) is 3.57. The predicted molar refractivity (Wildman–Crippen MR) is 160 cm³/mol. The summed E-state index contributed by atoms with van der Waals surface area (Å²) in [5.74, 6) is 0.0850. The van der Waals surface area contributed by atoms with Crippen molar-refractivity contribution in [1.82, 2.24) is 14.0 Å². The number of hydrogen-bond acceptors (Lipinski definition) is 2. The first kappa shape index (κ1) is 24.1. The molecule has 0 bridgehead atoms. The number of allylic oxidation sites excluding steroid dienone is 1. The zero-order valence-corrected chi connectivity index (χ0v) is 22.4. The fourth-order valence-corrected chi connectivity index (χ4v) is 6.32. The number of aryl methyl sites for hydroxylation is 1. The lowest BCUT2D eigenvalue weighted by molar-refractivity contribution is 0.102. The van der Waals surface area contributed by atoms with Gasteiger partial charge >= 0.3 is 0 Å². The van der Waals surface area contributed by atoms with E-state index in [0.717, 1.165) is 56.8 Å². The molecule has 0 spiro atoms. The van der Waals surface area contributed by atoms with Crippen molar-refractivity contribution < 1.29 is 4.79 Å². The number of hydrogen-bond donors (Lipinski definition) is 0. The minimum atomic E-state index is -0.640. The van der Waals surface area contributed by atoms with E-state index in [9.17, 15) is 4.79 Å². The van der Waals surface area contributed by atoms with Gasteiger partial charge in [-0.2, -0.15) is 0 Å². The number of carbonyl (C=O) groups excluding carboxylic acids is 1. The van der Waals surface area contributed by atoms with E-state index in [2.05, 4.69) is 115 Å². The van der Waals surface area contributed by atoms with Crippen LogP contribution in [0.5, 0.6) is 0 Å². The number of Topliss-reactive ketones (excluding diaryl/α,β-unsaturated/α-hetero) is 1. The molecule has 0 saturated heterocycles. The minimum Gasteiger partial charge on any atom is -0.316 e. The van der Waals surface area contributed by atoms with Crippen molar-refractivity contribution in [2.45, 2.75) is 25.3 Å². The molecule has 1 aliphatic rings. The van der Waals surface area contributed by atoms with Crippen molar-refractivity contribution in [1.29, 1.82) is 0 Å². The second kappa shape index (κ2) is 9.65. The molecule has 0 radical (unpaired) electrons. The molecular weight excluding hydrogens is 490 g/mol. The molecule has 4 nitrogen and oxygen atoms in total. The van der Waals surface area contributed by atoms with Gasteiger partial charge in [-0.05, 0) is 66.3 Å². The van der Waals surface area contributed by atoms with Crippen LogP contribution in [-0.4, -0.2) is 19.7 Å². The Balaban J connectivity index is 1.41. The Kier molecular flexibility index (Phi) is 5.82. The summed E-state index contributed by atoms with van der Waals surface area (Å²) in [4.78, 5) is 18.7. The molecule has 4 heteroatoms. The van der Waals surface area contributed by atoms with E-state index in [0.29, 0.717) is 6.42 Å². The molecule has 0 saturated carbocycles. The summed E-state index contributed by atoms with van der Waals surface area (Å²) < 4.78 is 4.28. The largest absolute Gasteiger partial charge is 0.316 e. The molecule has 0 aliphatic heterocycles. The maximum atomic E-state index is 13.8. The number of nitrogens with zero attached hydrogens (tertiary/aromatic N) is 3. The topological polar surface area (TPSA) is 39.3 Å². The molecule has 6 aromatic rings. The van der Waals surface area contributed by atoms with Crippen LogP contribution >= 0.6 is 0 Å². The number of pyridine rings is 1. The molecule has 194 valence electrons. The van der Waals surface area contributed by atoms with Gasteiger partial charge in [-0.3, -0.25) is 4.79 Å². The minimum absolute atomic E-state index is 0.0850. The highest BCUT2D eigenvalue weighted by molar-refractivity contribution is 6.13. The second-order valence-corrected chi connectivity index (χ2v) is 10.4. The number of imidazole rings is 1. The zero-order valence-electron chi connectivity index (χ0n) is 22.4. The van der Waals surface area contributed by atoms with Crippen LogP contribution in [0.15, 0.2) is 133 Å². The summed E-state index contributed by atoms with van der Waals surface area (Å²) in [6.07, 6.45) is 7.46. The van der Waals surface area contributed by atoms with Gasteiger partial charge in [0.2, 0.25) is 5.78 Å². The molecule has 3 aromatic heterocycles. The third kappa shape index (κ3) is 3.68. The van der Waals surface area contributed by atoms with Crippen molar-refractivity contribution in [3.8, 4) is 0 Å². The highest BCUT2D eigenvalue weighted by Crippen LogP contribution is 2.42. The number of carbonyl (C=O) groups is 1. The van der Waals surface area contributed by atoms with Crippen LogP contribution in [0, 0.1) is 6.92 Å². The van der Waals surface area contributed by atoms with E-state index >= 15 is 0 Å². The van der Waals surface area contributed by atoms with E-state index in [-0.39, 0.29) is 5.78 Å². The Labute approximate surface area is 233 Å². The van der Waals surface area contributed by atoms with Crippen LogP contribution in [0.25, 0.3) is 11.6 Å². The normalized spacial score (nSPS) is 14.5. The van der Waals surface area contributed by atoms with E-state index < -0.39 is 5.54 Å². The summed E-state index contributed by atoms with van der Waals surface area (Å²) in [7, 11) is 0. The molecule has 0 unspecified atom stereocenters. The third-order valence-corrected chi connectivity index (χ3v) is 8.22. The molecule has 0 atom stereocenters. The van der Waals surface area contributed by atoms with Gasteiger partial charge in [0.25, 0.3) is 0 Å². The summed E-state index contributed by atoms with van der Waals surface area (Å²) in [6.45, 7) is 2.11. The Morgan fingerprint density at radius 2 is 1.32 bits per heavy atom. The van der Waals surface area contributed by atoms with Crippen molar-refractivity contribution in [3.05, 3.63) is 173 Å². The Morgan fingerprint density at radius 1 is 0.750 bits per heavy atom. The lowest BCUT2D eigenvalue weighted by Crippen LogP contribution is -2.38. The molecule has 3 aromatic carbocycles. The number of rotatable bonds is 5. The molecular formula is C36H29N3O. The highest BCUT2D eigenvalue weighted by atomic mass is 16.1. The van der Waals surface area contributed by atoms with Crippen LogP contribution < -0.4 is 0 Å². The lowest BCUT2D eigenvalue weighted by atomic mass is 9.76. The molecule has 0 amide bonds. The van der Waals surface area contributed by atoms with Crippen molar-refractivity contribution >= 4 is 17.4 Å². The monoisotopic (exact) mass is 519 g/mol. The average molecular weight is 520 g/mol. The quantitative estimate of drug-likeness (QED) is 0.175. The maximum absolute atomic E-state index is 13.8. The number of benzene rings is 3. The standard InChI is InChI=1S/C36H29N3O/c1-26-33(24-28-21-20-27-23-32-19-11-12-22-38(32)34(27)35(28)40)37-25-39(26)36(29-13-5-2-6-14-29,30-15-7-3-8-16-30)31-17-9-4-10-18-31/h2-19,22-25H,20-21H2,1H3. The first-order chi connectivity index (χ1) is 19.7. The van der Waals surface area contributed by atoms with Gasteiger partial charge < -0.3 is 8.97 Å². The summed E-state index contributed by atoms with van der Waals surface area (Å²) in [5, 5.41) is 0.